The van der Waals surface area contributed by atoms with Crippen LogP contribution < -0.4 is 5.32 Å². The standard InChI is InChI=1S/C18H22ClN5OS/c1-5-24-16(13-7-6-8-14(19)9-13)22-23-17(24)26-10-15(25)21-18(4,11-20)12(2)3/h6-9,12H,5,10H2,1-4H3,(H,21,25)/t18-/m0/s1. The molecule has 138 valence electrons. The van der Waals surface area contributed by atoms with E-state index in [4.69, 9.17) is 11.6 Å². The zero-order valence-electron chi connectivity index (χ0n) is 15.3. The van der Waals surface area contributed by atoms with Crippen molar-refractivity contribution in [1.82, 2.24) is 20.1 Å². The fourth-order valence-corrected chi connectivity index (χ4v) is 3.27. The van der Waals surface area contributed by atoms with Crippen molar-refractivity contribution in [3.05, 3.63) is 29.3 Å². The molecular weight excluding hydrogens is 370 g/mol. The van der Waals surface area contributed by atoms with Crippen molar-refractivity contribution >= 4 is 29.3 Å². The molecule has 0 saturated heterocycles. The van der Waals surface area contributed by atoms with E-state index in [0.29, 0.717) is 22.5 Å². The molecule has 1 aromatic carbocycles. The molecule has 1 N–H and O–H groups in total. The molecule has 2 rings (SSSR count). The van der Waals surface area contributed by atoms with Crippen molar-refractivity contribution in [3.8, 4) is 17.5 Å². The first kappa shape index (κ1) is 20.3. The van der Waals surface area contributed by atoms with E-state index in [0.717, 1.165) is 5.56 Å². The number of rotatable bonds is 7. The second kappa shape index (κ2) is 8.56. The first-order valence-corrected chi connectivity index (χ1v) is 9.71. The smallest absolute Gasteiger partial charge is 0.231 e. The Morgan fingerprint density at radius 1 is 1.46 bits per heavy atom. The van der Waals surface area contributed by atoms with E-state index in [2.05, 4.69) is 21.6 Å². The van der Waals surface area contributed by atoms with Crippen LogP contribution in [-0.2, 0) is 11.3 Å². The third-order valence-electron chi connectivity index (χ3n) is 4.23. The zero-order chi connectivity index (χ0) is 19.3. The molecule has 0 spiro atoms. The van der Waals surface area contributed by atoms with Crippen molar-refractivity contribution in [3.63, 3.8) is 0 Å². The fraction of sp³-hybridized carbons (Fsp3) is 0.444. The summed E-state index contributed by atoms with van der Waals surface area (Å²) in [6.07, 6.45) is 0. The number of thioether (sulfide) groups is 1. The second-order valence-corrected chi connectivity index (χ2v) is 7.75. The van der Waals surface area contributed by atoms with Gasteiger partial charge < -0.3 is 9.88 Å². The molecule has 26 heavy (non-hydrogen) atoms. The number of carbonyl (C=O) groups excluding carboxylic acids is 1. The van der Waals surface area contributed by atoms with Crippen molar-refractivity contribution in [2.24, 2.45) is 5.92 Å². The molecule has 1 aromatic heterocycles. The Bertz CT molecular complexity index is 829. The molecule has 2 aromatic rings. The Balaban J connectivity index is 2.12. The highest BCUT2D eigenvalue weighted by atomic mass is 35.5. The zero-order valence-corrected chi connectivity index (χ0v) is 16.9. The molecular formula is C18H22ClN5OS. The van der Waals surface area contributed by atoms with Gasteiger partial charge in [0, 0.05) is 17.1 Å². The van der Waals surface area contributed by atoms with Gasteiger partial charge in [-0.2, -0.15) is 5.26 Å². The summed E-state index contributed by atoms with van der Waals surface area (Å²) in [5, 5.41) is 21.8. The molecule has 6 nitrogen and oxygen atoms in total. The first-order valence-electron chi connectivity index (χ1n) is 8.35. The summed E-state index contributed by atoms with van der Waals surface area (Å²) in [4.78, 5) is 12.3. The van der Waals surface area contributed by atoms with Crippen LogP contribution in [0.25, 0.3) is 11.4 Å². The lowest BCUT2D eigenvalue weighted by atomic mass is 9.90. The van der Waals surface area contributed by atoms with Gasteiger partial charge in [0.2, 0.25) is 5.91 Å². The van der Waals surface area contributed by atoms with Gasteiger partial charge in [-0.05, 0) is 31.9 Å². The fourth-order valence-electron chi connectivity index (χ4n) is 2.28. The summed E-state index contributed by atoms with van der Waals surface area (Å²) in [6, 6.07) is 9.59. The molecule has 0 aliphatic rings. The third-order valence-corrected chi connectivity index (χ3v) is 5.44. The van der Waals surface area contributed by atoms with E-state index in [1.807, 2.05) is 43.5 Å². The molecule has 0 fully saturated rings. The first-order chi connectivity index (χ1) is 12.3. The van der Waals surface area contributed by atoms with Crippen LogP contribution in [0, 0.1) is 17.2 Å². The van der Waals surface area contributed by atoms with Gasteiger partial charge in [0.05, 0.1) is 11.8 Å². The highest BCUT2D eigenvalue weighted by Gasteiger charge is 2.30. The lowest BCUT2D eigenvalue weighted by Gasteiger charge is -2.27. The van der Waals surface area contributed by atoms with Crippen LogP contribution in [0.1, 0.15) is 27.7 Å². The van der Waals surface area contributed by atoms with E-state index in [1.165, 1.54) is 11.8 Å². The summed E-state index contributed by atoms with van der Waals surface area (Å²) in [6.45, 7) is 8.20. The maximum Gasteiger partial charge on any atom is 0.231 e. The Morgan fingerprint density at radius 2 is 2.19 bits per heavy atom. The number of benzene rings is 1. The summed E-state index contributed by atoms with van der Waals surface area (Å²) >= 11 is 7.36. The van der Waals surface area contributed by atoms with Crippen LogP contribution >= 0.6 is 23.4 Å². The number of aromatic nitrogens is 3. The minimum absolute atomic E-state index is 0.00942. The summed E-state index contributed by atoms with van der Waals surface area (Å²) < 4.78 is 1.94. The number of carbonyl (C=O) groups is 1. The second-order valence-electron chi connectivity index (χ2n) is 6.37. The minimum atomic E-state index is -0.887. The molecule has 8 heteroatoms. The van der Waals surface area contributed by atoms with Gasteiger partial charge in [-0.15, -0.1) is 10.2 Å². The lowest BCUT2D eigenvalue weighted by molar-refractivity contribution is -0.120. The normalized spacial score (nSPS) is 13.3. The topological polar surface area (TPSA) is 83.6 Å². The van der Waals surface area contributed by atoms with Gasteiger partial charge in [0.15, 0.2) is 11.0 Å². The number of hydrogen-bond donors (Lipinski definition) is 1. The molecule has 0 aliphatic heterocycles. The minimum Gasteiger partial charge on any atom is -0.337 e. The van der Waals surface area contributed by atoms with Crippen molar-refractivity contribution in [2.75, 3.05) is 5.75 Å². The highest BCUT2D eigenvalue weighted by Crippen LogP contribution is 2.26. The number of halogens is 1. The molecule has 1 atom stereocenters. The van der Waals surface area contributed by atoms with E-state index >= 15 is 0 Å². The summed E-state index contributed by atoms with van der Waals surface area (Å²) in [7, 11) is 0. The summed E-state index contributed by atoms with van der Waals surface area (Å²) in [5.41, 5.74) is -0.0119. The van der Waals surface area contributed by atoms with Gasteiger partial charge in [0.25, 0.3) is 0 Å². The van der Waals surface area contributed by atoms with Crippen LogP contribution in [0.3, 0.4) is 0 Å². The van der Waals surface area contributed by atoms with Crippen molar-refractivity contribution < 1.29 is 4.79 Å². The number of nitrogens with one attached hydrogen (secondary N) is 1. The van der Waals surface area contributed by atoms with Crippen molar-refractivity contribution in [2.45, 2.75) is 44.9 Å². The largest absolute Gasteiger partial charge is 0.337 e. The molecule has 1 heterocycles. The Kier molecular flexibility index (Phi) is 6.68. The molecule has 0 unspecified atom stereocenters. The van der Waals surface area contributed by atoms with Crippen molar-refractivity contribution in [1.29, 1.82) is 5.26 Å². The number of nitriles is 1. The molecule has 0 radical (unpaired) electrons. The van der Waals surface area contributed by atoms with E-state index in [1.54, 1.807) is 13.0 Å². The summed E-state index contributed by atoms with van der Waals surface area (Å²) in [5.74, 6) is 0.678. The Hall–Kier alpha value is -2.04. The average Bonchev–Trinajstić information content (AvgIpc) is 3.02. The molecule has 0 bridgehead atoms. The van der Waals surface area contributed by atoms with E-state index in [9.17, 15) is 10.1 Å². The van der Waals surface area contributed by atoms with Gasteiger partial charge in [-0.3, -0.25) is 4.79 Å². The van der Waals surface area contributed by atoms with Gasteiger partial charge in [-0.25, -0.2) is 0 Å². The molecule has 0 saturated carbocycles. The average molecular weight is 392 g/mol. The van der Waals surface area contributed by atoms with Crippen LogP contribution in [0.5, 0.6) is 0 Å². The van der Waals surface area contributed by atoms with Crippen LogP contribution in [0.4, 0.5) is 0 Å². The Morgan fingerprint density at radius 3 is 2.77 bits per heavy atom. The molecule has 0 aliphatic carbocycles. The van der Waals surface area contributed by atoms with E-state index < -0.39 is 5.54 Å². The van der Waals surface area contributed by atoms with Crippen LogP contribution in [0.15, 0.2) is 29.4 Å². The predicted octanol–water partition coefficient (Wildman–Crippen LogP) is 3.76. The maximum atomic E-state index is 12.3. The number of amides is 1. The lowest BCUT2D eigenvalue weighted by Crippen LogP contribution is -2.49. The number of hydrogen-bond acceptors (Lipinski definition) is 5. The Labute approximate surface area is 162 Å². The van der Waals surface area contributed by atoms with E-state index in [-0.39, 0.29) is 17.6 Å². The SMILES string of the molecule is CCn1c(SCC(=O)N[C@@](C)(C#N)C(C)C)nnc1-c1cccc(Cl)c1. The van der Waals surface area contributed by atoms with Gasteiger partial charge in [0.1, 0.15) is 5.54 Å². The number of nitrogens with zero attached hydrogens (tertiary/aromatic N) is 4. The van der Waals surface area contributed by atoms with Crippen LogP contribution in [-0.4, -0.2) is 32.0 Å². The maximum absolute atomic E-state index is 12.3. The highest BCUT2D eigenvalue weighted by molar-refractivity contribution is 7.99. The third kappa shape index (κ3) is 4.57. The predicted molar refractivity (Wildman–Crippen MR) is 104 cm³/mol. The molecule has 1 amide bonds. The van der Waals surface area contributed by atoms with Crippen LogP contribution in [0.2, 0.25) is 5.02 Å². The quantitative estimate of drug-likeness (QED) is 0.726. The van der Waals surface area contributed by atoms with Gasteiger partial charge >= 0.3 is 0 Å². The monoisotopic (exact) mass is 391 g/mol. The van der Waals surface area contributed by atoms with Gasteiger partial charge in [-0.1, -0.05) is 49.3 Å².